The standard InChI is InChI=1S/C25H32FN5O3S.C24H30FN5O4S.C23H26FN5O4S/c1-17(2)20-13-19(26)14-21(18-7-10-27-11-8-18)22(20)15-23(32)29-35(33,34)24-9-12-31(28-24)25(3,4)16-30(5)6;1-15(2)19-10-17(25)11-20(16-7-8-26-23(9-16)34-6)21(19)13-22(31)28-35(32,33)24-12-18(14-29(3)4)30(5)27-24;1-14(2)17-10-16(24)11-18(15-6-8-25-9-7-15)19(17)12-21(30)27-34(32,33)22-13-20(29(5)26-22)23(31)28(3)4/h7-14,17H,15-16H2,1-6H3,(H,29,32);7-12,15H,13-14H2,1-6H3,(H,28,31);6-11,13-14H,12H2,1-5H3,(H,27,30). The number of halogens is 3. The van der Waals surface area contributed by atoms with Crippen LogP contribution < -0.4 is 18.9 Å². The quantitative estimate of drug-likeness (QED) is 0.0480. The average molecular weight is 1490 g/mol. The number of hydrogen-bond acceptors (Lipinski definition) is 19. The van der Waals surface area contributed by atoms with E-state index in [-0.39, 0.29) is 52.8 Å². The van der Waals surface area contributed by atoms with Gasteiger partial charge < -0.3 is 19.4 Å². The third-order valence-corrected chi connectivity index (χ3v) is 20.0. The Morgan fingerprint density at radius 2 is 0.904 bits per heavy atom. The number of rotatable bonds is 25. The van der Waals surface area contributed by atoms with E-state index in [0.717, 1.165) is 10.7 Å². The molecule has 3 aromatic carbocycles. The van der Waals surface area contributed by atoms with Gasteiger partial charge in [0.1, 0.15) is 23.1 Å². The fourth-order valence-corrected chi connectivity index (χ4v) is 14.4. The lowest BCUT2D eigenvalue weighted by atomic mass is 9.88. The maximum atomic E-state index is 14.5. The first-order valence-electron chi connectivity index (χ1n) is 32.7. The van der Waals surface area contributed by atoms with E-state index >= 15 is 0 Å². The number of methoxy groups -OCH3 is 1. The van der Waals surface area contributed by atoms with Crippen LogP contribution in [0.2, 0.25) is 0 Å². The number of hydrogen-bond donors (Lipinski definition) is 3. The smallest absolute Gasteiger partial charge is 0.283 e. The minimum Gasteiger partial charge on any atom is -0.481 e. The van der Waals surface area contributed by atoms with Crippen molar-refractivity contribution in [3.8, 4) is 39.3 Å². The van der Waals surface area contributed by atoms with E-state index in [1.54, 1.807) is 79.1 Å². The van der Waals surface area contributed by atoms with Gasteiger partial charge in [-0.05, 0) is 199 Å². The Kier molecular flexibility index (Phi) is 26.6. The molecular formula is C72H88F3N15O11S3. The predicted molar refractivity (Wildman–Crippen MR) is 387 cm³/mol. The second-order valence-corrected chi connectivity index (χ2v) is 31.8. The summed E-state index contributed by atoms with van der Waals surface area (Å²) >= 11 is 0. The minimum atomic E-state index is -4.35. The number of sulfonamides is 3. The highest BCUT2D eigenvalue weighted by atomic mass is 32.2. The van der Waals surface area contributed by atoms with Gasteiger partial charge in [0.25, 0.3) is 36.0 Å². The molecule has 6 heterocycles. The van der Waals surface area contributed by atoms with Crippen LogP contribution in [-0.4, -0.2) is 164 Å². The van der Waals surface area contributed by atoms with Gasteiger partial charge in [-0.1, -0.05) is 41.5 Å². The first-order chi connectivity index (χ1) is 48.6. The van der Waals surface area contributed by atoms with Crippen molar-refractivity contribution in [2.45, 2.75) is 120 Å². The topological polar surface area (TPSA) is 318 Å². The maximum absolute atomic E-state index is 14.5. The molecule has 0 saturated carbocycles. The molecule has 0 aliphatic carbocycles. The lowest BCUT2D eigenvalue weighted by Gasteiger charge is -2.28. The van der Waals surface area contributed by atoms with Crippen LogP contribution in [0.1, 0.15) is 123 Å². The van der Waals surface area contributed by atoms with Gasteiger partial charge >= 0.3 is 0 Å². The highest BCUT2D eigenvalue weighted by molar-refractivity contribution is 7.90. The monoisotopic (exact) mass is 1490 g/mol. The summed E-state index contributed by atoms with van der Waals surface area (Å²) in [5.74, 6) is -4.05. The van der Waals surface area contributed by atoms with Gasteiger partial charge in [0.05, 0.1) is 37.6 Å². The highest BCUT2D eigenvalue weighted by Crippen LogP contribution is 2.36. The minimum absolute atomic E-state index is 0.0541. The van der Waals surface area contributed by atoms with E-state index in [9.17, 15) is 57.6 Å². The Bertz CT molecular complexity index is 4950. The fourth-order valence-electron chi connectivity index (χ4n) is 11.5. The predicted octanol–water partition coefficient (Wildman–Crippen LogP) is 8.91. The van der Waals surface area contributed by atoms with Gasteiger partial charge in [0.2, 0.25) is 23.6 Å². The van der Waals surface area contributed by atoms with Crippen molar-refractivity contribution in [2.24, 2.45) is 14.1 Å². The van der Waals surface area contributed by atoms with Crippen LogP contribution in [0.25, 0.3) is 33.4 Å². The molecule has 3 N–H and O–H groups in total. The number of aryl methyl sites for hydroxylation is 2. The van der Waals surface area contributed by atoms with E-state index < -0.39 is 81.7 Å². The first-order valence-corrected chi connectivity index (χ1v) is 37.2. The van der Waals surface area contributed by atoms with Crippen molar-refractivity contribution >= 4 is 53.7 Å². The van der Waals surface area contributed by atoms with Crippen LogP contribution in [-0.2, 0) is 89.9 Å². The third-order valence-electron chi connectivity index (χ3n) is 16.2. The molecule has 9 aromatic rings. The van der Waals surface area contributed by atoms with Crippen LogP contribution >= 0.6 is 0 Å². The zero-order valence-electron chi connectivity index (χ0n) is 61.1. The number of aromatic nitrogens is 9. The zero-order valence-corrected chi connectivity index (χ0v) is 63.6. The molecule has 0 fully saturated rings. The number of nitrogens with zero attached hydrogens (tertiary/aromatic N) is 12. The zero-order chi connectivity index (χ0) is 77.1. The lowest BCUT2D eigenvalue weighted by Crippen LogP contribution is -2.38. The van der Waals surface area contributed by atoms with Crippen LogP contribution in [0.4, 0.5) is 13.2 Å². The van der Waals surface area contributed by atoms with Gasteiger partial charge in [-0.2, -0.15) is 40.5 Å². The van der Waals surface area contributed by atoms with E-state index in [1.165, 1.54) is 92.6 Å². The normalized spacial score (nSPS) is 11.9. The molecule has 9 rings (SSSR count). The van der Waals surface area contributed by atoms with Gasteiger partial charge in [-0.3, -0.25) is 43.2 Å². The molecule has 26 nitrogen and oxygen atoms in total. The molecular weight excluding hydrogens is 1400 g/mol. The summed E-state index contributed by atoms with van der Waals surface area (Å²) in [6, 6.07) is 22.2. The Morgan fingerprint density at radius 1 is 0.510 bits per heavy atom. The Balaban J connectivity index is 0.000000218. The summed E-state index contributed by atoms with van der Waals surface area (Å²) in [4.78, 5) is 68.2. The molecule has 4 amide bonds. The molecule has 0 spiro atoms. The number of carbonyl (C=O) groups is 4. The molecule has 104 heavy (non-hydrogen) atoms. The van der Waals surface area contributed by atoms with E-state index in [0.29, 0.717) is 91.4 Å². The number of nitrogens with one attached hydrogen (secondary N) is 3. The molecule has 6 aromatic heterocycles. The van der Waals surface area contributed by atoms with Crippen molar-refractivity contribution in [3.63, 3.8) is 0 Å². The largest absolute Gasteiger partial charge is 0.481 e. The Morgan fingerprint density at radius 3 is 1.30 bits per heavy atom. The van der Waals surface area contributed by atoms with Crippen LogP contribution in [0, 0.1) is 17.5 Å². The molecule has 0 aliphatic heterocycles. The second kappa shape index (κ2) is 34.1. The Hall–Kier alpha value is -10.0. The molecule has 0 radical (unpaired) electrons. The Labute approximate surface area is 605 Å². The van der Waals surface area contributed by atoms with Crippen LogP contribution in [0.3, 0.4) is 0 Å². The lowest BCUT2D eigenvalue weighted by molar-refractivity contribution is -0.119. The molecule has 556 valence electrons. The van der Waals surface area contributed by atoms with Crippen molar-refractivity contribution in [3.05, 3.63) is 190 Å². The summed E-state index contributed by atoms with van der Waals surface area (Å²) in [7, 11) is 2.42. The van der Waals surface area contributed by atoms with Gasteiger partial charge in [0, 0.05) is 96.7 Å². The van der Waals surface area contributed by atoms with E-state index in [2.05, 4.69) is 39.7 Å². The summed E-state index contributed by atoms with van der Waals surface area (Å²) in [5.41, 5.74) is 7.13. The number of ether oxygens (including phenoxy) is 1. The third kappa shape index (κ3) is 20.9. The summed E-state index contributed by atoms with van der Waals surface area (Å²) in [5, 5.41) is 11.2. The van der Waals surface area contributed by atoms with Crippen molar-refractivity contribution in [2.75, 3.05) is 55.9 Å². The average Bonchev–Trinajstić information content (AvgIpc) is 1.02. The van der Waals surface area contributed by atoms with E-state index in [4.69, 9.17) is 4.74 Å². The van der Waals surface area contributed by atoms with Crippen molar-refractivity contribution in [1.29, 1.82) is 0 Å². The molecule has 0 bridgehead atoms. The van der Waals surface area contributed by atoms with Gasteiger partial charge in [0.15, 0.2) is 15.1 Å². The summed E-state index contributed by atoms with van der Waals surface area (Å²) in [6.07, 6.45) is 8.56. The molecule has 32 heteroatoms. The maximum Gasteiger partial charge on any atom is 0.283 e. The molecule has 0 aliphatic rings. The number of benzene rings is 3. The summed E-state index contributed by atoms with van der Waals surface area (Å²) in [6.45, 7) is 16.3. The molecule has 0 saturated heterocycles. The number of carbonyl (C=O) groups excluding carboxylic acids is 4. The molecule has 0 atom stereocenters. The van der Waals surface area contributed by atoms with Crippen LogP contribution in [0.5, 0.6) is 5.88 Å². The number of pyridine rings is 3. The van der Waals surface area contributed by atoms with Crippen molar-refractivity contribution in [1.82, 2.24) is 73.2 Å². The second-order valence-electron chi connectivity index (χ2n) is 26.9. The van der Waals surface area contributed by atoms with E-state index in [1.807, 2.05) is 98.1 Å². The number of likely N-dealkylation sites (N-methyl/N-ethyl adjacent to an activating group) is 1. The van der Waals surface area contributed by atoms with Gasteiger partial charge in [-0.15, -0.1) is 0 Å². The SMILES string of the molecule is CC(C)c1cc(F)cc(-c2ccncc2)c1CC(=O)NS(=O)(=O)c1cc(C(=O)N(C)C)n(C)n1.CC(C)c1cc(F)cc(-c2ccncc2)c1CC(=O)NS(=O)(=O)c1ccn(C(C)(C)CN(C)C)n1.COc1cc(-c2cc(F)cc(C(C)C)c2CC(=O)NS(=O)(=O)c2cc(CN(C)C)n(C)n2)ccn1. The van der Waals surface area contributed by atoms with Crippen molar-refractivity contribution < 1.29 is 62.3 Å². The van der Waals surface area contributed by atoms with Gasteiger partial charge in [-0.25, -0.2) is 32.3 Å². The molecule has 0 unspecified atom stereocenters. The first kappa shape index (κ1) is 81.3. The number of amides is 4. The van der Waals surface area contributed by atoms with Crippen LogP contribution in [0.15, 0.2) is 143 Å². The summed E-state index contributed by atoms with van der Waals surface area (Å²) < 4.78 is 136. The highest BCUT2D eigenvalue weighted by Gasteiger charge is 2.31. The fraction of sp³-hybridized carbons (Fsp3) is 0.361.